The lowest BCUT2D eigenvalue weighted by Crippen LogP contribution is -2.19. The average Bonchev–Trinajstić information content (AvgIpc) is 2.85. The van der Waals surface area contributed by atoms with Gasteiger partial charge in [0, 0.05) is 18.3 Å². The van der Waals surface area contributed by atoms with E-state index in [0.717, 1.165) is 5.25 Å². The fourth-order valence-electron chi connectivity index (χ4n) is 2.44. The molecule has 6 nitrogen and oxygen atoms in total. The molecule has 0 aromatic carbocycles. The second kappa shape index (κ2) is 7.68. The maximum absolute atomic E-state index is 5.58. The molecule has 2 rings (SSSR count). The third kappa shape index (κ3) is 4.91. The van der Waals surface area contributed by atoms with Crippen molar-refractivity contribution in [3.8, 4) is 6.01 Å². The molecule has 0 saturated heterocycles. The summed E-state index contributed by atoms with van der Waals surface area (Å²) < 4.78 is 5.58. The first-order valence-electron chi connectivity index (χ1n) is 7.59. The Hall–Kier alpha value is -1.24. The zero-order valence-electron chi connectivity index (χ0n) is 13.2. The van der Waals surface area contributed by atoms with E-state index in [2.05, 4.69) is 32.5 Å². The SMILES string of the molecule is CCSC1CCC(Nc2nc(NC)nc(OC(C)C)n2)C1. The van der Waals surface area contributed by atoms with Crippen LogP contribution in [0.5, 0.6) is 6.01 Å². The Bertz CT molecular complexity index is 457. The van der Waals surface area contributed by atoms with Crippen molar-refractivity contribution in [2.24, 2.45) is 0 Å². The number of thioether (sulfide) groups is 1. The van der Waals surface area contributed by atoms with Crippen LogP contribution in [-0.2, 0) is 0 Å². The summed E-state index contributed by atoms with van der Waals surface area (Å²) in [5, 5.41) is 7.12. The second-order valence-corrected chi connectivity index (χ2v) is 6.99. The first kappa shape index (κ1) is 16.1. The predicted molar refractivity (Wildman–Crippen MR) is 88.3 cm³/mol. The highest BCUT2D eigenvalue weighted by Gasteiger charge is 2.25. The summed E-state index contributed by atoms with van der Waals surface area (Å²) in [5.41, 5.74) is 0. The first-order chi connectivity index (χ1) is 10.1. The van der Waals surface area contributed by atoms with Crippen LogP contribution < -0.4 is 15.4 Å². The lowest BCUT2D eigenvalue weighted by Gasteiger charge is -2.15. The molecule has 0 aliphatic heterocycles. The van der Waals surface area contributed by atoms with Gasteiger partial charge >= 0.3 is 6.01 Å². The van der Waals surface area contributed by atoms with Crippen LogP contribution in [0.3, 0.4) is 0 Å². The van der Waals surface area contributed by atoms with E-state index in [1.165, 1.54) is 25.0 Å². The zero-order chi connectivity index (χ0) is 15.2. The van der Waals surface area contributed by atoms with Crippen LogP contribution in [0.2, 0.25) is 0 Å². The van der Waals surface area contributed by atoms with Gasteiger partial charge in [0.2, 0.25) is 11.9 Å². The Morgan fingerprint density at radius 1 is 1.24 bits per heavy atom. The smallest absolute Gasteiger partial charge is 0.323 e. The van der Waals surface area contributed by atoms with Crippen molar-refractivity contribution in [3.05, 3.63) is 0 Å². The molecule has 118 valence electrons. The van der Waals surface area contributed by atoms with E-state index in [1.807, 2.05) is 25.6 Å². The molecule has 1 aliphatic rings. The molecule has 1 heterocycles. The van der Waals surface area contributed by atoms with Gasteiger partial charge in [-0.25, -0.2) is 0 Å². The highest BCUT2D eigenvalue weighted by Crippen LogP contribution is 2.31. The summed E-state index contributed by atoms with van der Waals surface area (Å²) in [6.45, 7) is 6.13. The number of anilines is 2. The fourth-order valence-corrected chi connectivity index (χ4v) is 3.58. The molecule has 0 bridgehead atoms. The molecule has 1 aromatic heterocycles. The van der Waals surface area contributed by atoms with E-state index in [-0.39, 0.29) is 6.10 Å². The minimum Gasteiger partial charge on any atom is -0.461 e. The van der Waals surface area contributed by atoms with Crippen molar-refractivity contribution in [1.29, 1.82) is 0 Å². The predicted octanol–water partition coefficient (Wildman–Crippen LogP) is 2.79. The number of hydrogen-bond acceptors (Lipinski definition) is 7. The van der Waals surface area contributed by atoms with E-state index >= 15 is 0 Å². The fraction of sp³-hybridized carbons (Fsp3) is 0.786. The maximum atomic E-state index is 5.58. The lowest BCUT2D eigenvalue weighted by molar-refractivity contribution is 0.222. The Kier molecular flexibility index (Phi) is 5.90. The summed E-state index contributed by atoms with van der Waals surface area (Å²) in [6, 6.07) is 0.803. The molecule has 1 aromatic rings. The molecule has 1 saturated carbocycles. The van der Waals surface area contributed by atoms with Crippen LogP contribution >= 0.6 is 11.8 Å². The molecular formula is C14H25N5OS. The van der Waals surface area contributed by atoms with Crippen LogP contribution in [0.1, 0.15) is 40.0 Å². The number of rotatable bonds is 7. The zero-order valence-corrected chi connectivity index (χ0v) is 14.0. The van der Waals surface area contributed by atoms with Crippen LogP contribution in [-0.4, -0.2) is 45.1 Å². The van der Waals surface area contributed by atoms with Gasteiger partial charge < -0.3 is 15.4 Å². The molecule has 7 heteroatoms. The van der Waals surface area contributed by atoms with Gasteiger partial charge in [0.15, 0.2) is 0 Å². The van der Waals surface area contributed by atoms with E-state index in [1.54, 1.807) is 7.05 Å². The van der Waals surface area contributed by atoms with Gasteiger partial charge in [-0.3, -0.25) is 0 Å². The van der Waals surface area contributed by atoms with Gasteiger partial charge in [0.25, 0.3) is 0 Å². The summed E-state index contributed by atoms with van der Waals surface area (Å²) in [4.78, 5) is 12.9. The molecule has 0 spiro atoms. The first-order valence-corrected chi connectivity index (χ1v) is 8.64. The van der Waals surface area contributed by atoms with Crippen molar-refractivity contribution in [1.82, 2.24) is 15.0 Å². The van der Waals surface area contributed by atoms with E-state index in [4.69, 9.17) is 4.74 Å². The van der Waals surface area contributed by atoms with Gasteiger partial charge in [0.1, 0.15) is 0 Å². The number of nitrogens with one attached hydrogen (secondary N) is 2. The third-order valence-electron chi connectivity index (χ3n) is 3.30. The quantitative estimate of drug-likeness (QED) is 0.802. The molecule has 21 heavy (non-hydrogen) atoms. The number of ether oxygens (including phenoxy) is 1. The molecule has 2 unspecified atom stereocenters. The van der Waals surface area contributed by atoms with Gasteiger partial charge in [-0.1, -0.05) is 6.92 Å². The summed E-state index contributed by atoms with van der Waals surface area (Å²) in [6.07, 6.45) is 3.63. The molecule has 2 atom stereocenters. The summed E-state index contributed by atoms with van der Waals surface area (Å²) in [5.74, 6) is 2.30. The third-order valence-corrected chi connectivity index (χ3v) is 4.53. The Balaban J connectivity index is 2.02. The van der Waals surface area contributed by atoms with Crippen LogP contribution in [0.25, 0.3) is 0 Å². The van der Waals surface area contributed by atoms with Crippen molar-refractivity contribution >= 4 is 23.7 Å². The van der Waals surface area contributed by atoms with Crippen molar-refractivity contribution in [2.75, 3.05) is 23.4 Å². The Labute approximate surface area is 130 Å². The second-order valence-electron chi connectivity index (χ2n) is 5.41. The molecule has 1 aliphatic carbocycles. The summed E-state index contributed by atoms with van der Waals surface area (Å²) >= 11 is 2.04. The van der Waals surface area contributed by atoms with Gasteiger partial charge in [0.05, 0.1) is 6.10 Å². The minimum absolute atomic E-state index is 0.0433. The van der Waals surface area contributed by atoms with E-state index < -0.39 is 0 Å². The average molecular weight is 311 g/mol. The van der Waals surface area contributed by atoms with Crippen molar-refractivity contribution < 1.29 is 4.74 Å². The lowest BCUT2D eigenvalue weighted by atomic mass is 10.2. The van der Waals surface area contributed by atoms with Crippen LogP contribution in [0.4, 0.5) is 11.9 Å². The van der Waals surface area contributed by atoms with Crippen LogP contribution in [0.15, 0.2) is 0 Å². The van der Waals surface area contributed by atoms with E-state index in [0.29, 0.717) is 23.9 Å². The van der Waals surface area contributed by atoms with Crippen molar-refractivity contribution in [3.63, 3.8) is 0 Å². The van der Waals surface area contributed by atoms with Gasteiger partial charge in [-0.05, 0) is 38.9 Å². The van der Waals surface area contributed by atoms with Gasteiger partial charge in [-0.15, -0.1) is 0 Å². The monoisotopic (exact) mass is 311 g/mol. The van der Waals surface area contributed by atoms with Crippen LogP contribution in [0, 0.1) is 0 Å². The molecule has 0 radical (unpaired) electrons. The largest absolute Gasteiger partial charge is 0.461 e. The minimum atomic E-state index is 0.0433. The number of aromatic nitrogens is 3. The standard InChI is InChI=1S/C14H25N5OS/c1-5-21-11-7-6-10(8-11)16-13-17-12(15-4)18-14(19-13)20-9(2)3/h9-11H,5-8H2,1-4H3,(H2,15,16,17,18,19). The highest BCUT2D eigenvalue weighted by atomic mass is 32.2. The van der Waals surface area contributed by atoms with Crippen molar-refractivity contribution in [2.45, 2.75) is 57.4 Å². The normalized spacial score (nSPS) is 21.6. The molecule has 0 amide bonds. The molecule has 1 fully saturated rings. The summed E-state index contributed by atoms with van der Waals surface area (Å²) in [7, 11) is 1.79. The van der Waals surface area contributed by atoms with E-state index in [9.17, 15) is 0 Å². The molecular weight excluding hydrogens is 286 g/mol. The maximum Gasteiger partial charge on any atom is 0.323 e. The Morgan fingerprint density at radius 2 is 2.00 bits per heavy atom. The highest BCUT2D eigenvalue weighted by molar-refractivity contribution is 7.99. The number of nitrogens with zero attached hydrogens (tertiary/aromatic N) is 3. The van der Waals surface area contributed by atoms with Gasteiger partial charge in [-0.2, -0.15) is 26.7 Å². The Morgan fingerprint density at radius 3 is 2.67 bits per heavy atom. The molecule has 2 N–H and O–H groups in total. The number of hydrogen-bond donors (Lipinski definition) is 2. The topological polar surface area (TPSA) is 72.0 Å².